The molecule has 0 saturated heterocycles. The van der Waals surface area contributed by atoms with Gasteiger partial charge in [0.25, 0.3) is 0 Å². The standard InChI is InChI=1S/C9H10ClF/c1-3-7-4-6(2)5-8(10)9(7)11/h4-5H,3H2,1-2H3. The van der Waals surface area contributed by atoms with Crippen molar-refractivity contribution in [3.05, 3.63) is 34.1 Å². The summed E-state index contributed by atoms with van der Waals surface area (Å²) in [5, 5.41) is 0.224. The molecular weight excluding hydrogens is 163 g/mol. The third-order valence-corrected chi connectivity index (χ3v) is 1.90. The van der Waals surface area contributed by atoms with Gasteiger partial charge in [0.2, 0.25) is 0 Å². The number of benzene rings is 1. The Bertz CT molecular complexity index is 269. The van der Waals surface area contributed by atoms with Crippen molar-refractivity contribution >= 4 is 11.6 Å². The van der Waals surface area contributed by atoms with Crippen LogP contribution in [0.1, 0.15) is 18.1 Å². The number of rotatable bonds is 1. The molecule has 0 aliphatic carbocycles. The Morgan fingerprint density at radius 1 is 1.45 bits per heavy atom. The van der Waals surface area contributed by atoms with Crippen LogP contribution in [0.5, 0.6) is 0 Å². The second-order valence-corrected chi connectivity index (χ2v) is 2.98. The molecule has 11 heavy (non-hydrogen) atoms. The van der Waals surface area contributed by atoms with E-state index in [1.165, 1.54) is 0 Å². The first-order valence-electron chi connectivity index (χ1n) is 3.59. The van der Waals surface area contributed by atoms with E-state index in [-0.39, 0.29) is 10.8 Å². The number of hydrogen-bond donors (Lipinski definition) is 0. The van der Waals surface area contributed by atoms with E-state index in [0.717, 1.165) is 5.56 Å². The van der Waals surface area contributed by atoms with Gasteiger partial charge in [0, 0.05) is 0 Å². The van der Waals surface area contributed by atoms with Crippen LogP contribution in [0.15, 0.2) is 12.1 Å². The summed E-state index contributed by atoms with van der Waals surface area (Å²) in [4.78, 5) is 0. The maximum atomic E-state index is 13.1. The van der Waals surface area contributed by atoms with Crippen LogP contribution >= 0.6 is 11.6 Å². The van der Waals surface area contributed by atoms with Crippen LogP contribution in [-0.4, -0.2) is 0 Å². The van der Waals surface area contributed by atoms with E-state index >= 15 is 0 Å². The maximum absolute atomic E-state index is 13.1. The van der Waals surface area contributed by atoms with Gasteiger partial charge in [-0.1, -0.05) is 24.6 Å². The van der Waals surface area contributed by atoms with E-state index in [0.29, 0.717) is 12.0 Å². The van der Waals surface area contributed by atoms with Crippen LogP contribution in [0, 0.1) is 12.7 Å². The smallest absolute Gasteiger partial charge is 0.144 e. The molecule has 0 aliphatic heterocycles. The van der Waals surface area contributed by atoms with Crippen LogP contribution in [0.4, 0.5) is 4.39 Å². The zero-order valence-corrected chi connectivity index (χ0v) is 7.37. The monoisotopic (exact) mass is 172 g/mol. The van der Waals surface area contributed by atoms with Gasteiger partial charge in [-0.25, -0.2) is 4.39 Å². The van der Waals surface area contributed by atoms with Crippen molar-refractivity contribution < 1.29 is 4.39 Å². The summed E-state index contributed by atoms with van der Waals surface area (Å²) in [7, 11) is 0. The Labute approximate surface area is 71.0 Å². The second-order valence-electron chi connectivity index (χ2n) is 2.57. The minimum absolute atomic E-state index is 0.224. The van der Waals surface area contributed by atoms with Gasteiger partial charge in [0.1, 0.15) is 5.82 Å². The molecule has 0 aromatic heterocycles. The van der Waals surface area contributed by atoms with Crippen molar-refractivity contribution in [2.45, 2.75) is 20.3 Å². The van der Waals surface area contributed by atoms with Crippen LogP contribution < -0.4 is 0 Å². The van der Waals surface area contributed by atoms with Gasteiger partial charge in [0.05, 0.1) is 5.02 Å². The highest BCUT2D eigenvalue weighted by atomic mass is 35.5. The zero-order valence-electron chi connectivity index (χ0n) is 6.62. The first-order chi connectivity index (χ1) is 5.15. The lowest BCUT2D eigenvalue weighted by atomic mass is 10.1. The molecule has 1 rings (SSSR count). The van der Waals surface area contributed by atoms with Gasteiger partial charge >= 0.3 is 0 Å². The predicted molar refractivity (Wildman–Crippen MR) is 45.5 cm³/mol. The van der Waals surface area contributed by atoms with Crippen molar-refractivity contribution in [3.63, 3.8) is 0 Å². The Kier molecular flexibility index (Phi) is 2.50. The molecule has 0 N–H and O–H groups in total. The highest BCUT2D eigenvalue weighted by molar-refractivity contribution is 6.30. The molecule has 0 unspecified atom stereocenters. The van der Waals surface area contributed by atoms with Gasteiger partial charge in [-0.05, 0) is 30.5 Å². The van der Waals surface area contributed by atoms with Crippen molar-refractivity contribution in [1.29, 1.82) is 0 Å². The maximum Gasteiger partial charge on any atom is 0.144 e. The first-order valence-corrected chi connectivity index (χ1v) is 3.97. The first kappa shape index (κ1) is 8.54. The largest absolute Gasteiger partial charge is 0.205 e. The molecule has 0 aliphatic rings. The fourth-order valence-electron chi connectivity index (χ4n) is 1.05. The molecule has 60 valence electrons. The van der Waals surface area contributed by atoms with Gasteiger partial charge in [-0.2, -0.15) is 0 Å². The average molecular weight is 173 g/mol. The molecule has 0 bridgehead atoms. The fourth-order valence-corrected chi connectivity index (χ4v) is 1.35. The highest BCUT2D eigenvalue weighted by Crippen LogP contribution is 2.20. The van der Waals surface area contributed by atoms with Gasteiger partial charge in [-0.3, -0.25) is 0 Å². The van der Waals surface area contributed by atoms with E-state index in [1.807, 2.05) is 19.9 Å². The molecule has 2 heteroatoms. The highest BCUT2D eigenvalue weighted by Gasteiger charge is 2.04. The van der Waals surface area contributed by atoms with Crippen LogP contribution in [0.2, 0.25) is 5.02 Å². The molecule has 0 nitrogen and oxygen atoms in total. The molecule has 0 spiro atoms. The third-order valence-electron chi connectivity index (χ3n) is 1.63. The van der Waals surface area contributed by atoms with Crippen molar-refractivity contribution in [3.8, 4) is 0 Å². The Morgan fingerprint density at radius 2 is 2.09 bits per heavy atom. The Morgan fingerprint density at radius 3 is 2.64 bits per heavy atom. The lowest BCUT2D eigenvalue weighted by molar-refractivity contribution is 0.612. The summed E-state index contributed by atoms with van der Waals surface area (Å²) >= 11 is 5.62. The van der Waals surface area contributed by atoms with Crippen molar-refractivity contribution in [2.75, 3.05) is 0 Å². The topological polar surface area (TPSA) is 0 Å². The Hall–Kier alpha value is -0.560. The molecule has 0 saturated carbocycles. The summed E-state index contributed by atoms with van der Waals surface area (Å²) in [5.74, 6) is -0.278. The minimum Gasteiger partial charge on any atom is -0.205 e. The van der Waals surface area contributed by atoms with Crippen LogP contribution in [0.25, 0.3) is 0 Å². The average Bonchev–Trinajstić information content (AvgIpc) is 1.96. The minimum atomic E-state index is -0.278. The van der Waals surface area contributed by atoms with Crippen LogP contribution in [0.3, 0.4) is 0 Å². The molecule has 0 atom stereocenters. The summed E-state index contributed by atoms with van der Waals surface area (Å²) in [6, 6.07) is 3.46. The van der Waals surface area contributed by atoms with E-state index in [9.17, 15) is 4.39 Å². The van der Waals surface area contributed by atoms with E-state index in [2.05, 4.69) is 0 Å². The summed E-state index contributed by atoms with van der Waals surface area (Å²) in [6.45, 7) is 3.82. The summed E-state index contributed by atoms with van der Waals surface area (Å²) in [6.07, 6.45) is 0.688. The van der Waals surface area contributed by atoms with Crippen molar-refractivity contribution in [2.24, 2.45) is 0 Å². The third kappa shape index (κ3) is 1.72. The van der Waals surface area contributed by atoms with Gasteiger partial charge in [-0.15, -0.1) is 0 Å². The van der Waals surface area contributed by atoms with E-state index in [4.69, 9.17) is 11.6 Å². The summed E-state index contributed by atoms with van der Waals surface area (Å²) in [5.41, 5.74) is 1.70. The number of aryl methyl sites for hydroxylation is 2. The molecule has 0 amide bonds. The lowest BCUT2D eigenvalue weighted by Gasteiger charge is -2.02. The zero-order chi connectivity index (χ0) is 8.43. The molecule has 0 heterocycles. The normalized spacial score (nSPS) is 10.2. The molecule has 0 radical (unpaired) electrons. The van der Waals surface area contributed by atoms with Crippen LogP contribution in [-0.2, 0) is 6.42 Å². The molecular formula is C9H10ClF. The van der Waals surface area contributed by atoms with Gasteiger partial charge < -0.3 is 0 Å². The fraction of sp³-hybridized carbons (Fsp3) is 0.333. The SMILES string of the molecule is CCc1cc(C)cc(Cl)c1F. The number of hydrogen-bond acceptors (Lipinski definition) is 0. The Balaban J connectivity index is 3.24. The van der Waals surface area contributed by atoms with Crippen molar-refractivity contribution in [1.82, 2.24) is 0 Å². The molecule has 0 fully saturated rings. The molecule has 1 aromatic rings. The van der Waals surface area contributed by atoms with E-state index in [1.54, 1.807) is 6.07 Å². The van der Waals surface area contributed by atoms with E-state index < -0.39 is 0 Å². The number of halogens is 2. The summed E-state index contributed by atoms with van der Waals surface area (Å²) < 4.78 is 13.1. The van der Waals surface area contributed by atoms with Gasteiger partial charge in [0.15, 0.2) is 0 Å². The molecule has 1 aromatic carbocycles. The quantitative estimate of drug-likeness (QED) is 0.610. The lowest BCUT2D eigenvalue weighted by Crippen LogP contribution is -1.89. The predicted octanol–water partition coefficient (Wildman–Crippen LogP) is 3.35. The second kappa shape index (κ2) is 3.22.